The van der Waals surface area contributed by atoms with Gasteiger partial charge in [-0.2, -0.15) is 0 Å². The number of nitrogens with two attached hydrogens (primary N) is 1. The van der Waals surface area contributed by atoms with Crippen molar-refractivity contribution in [2.45, 2.75) is 153 Å². The Morgan fingerprint density at radius 3 is 1.88 bits per heavy atom. The van der Waals surface area contributed by atoms with Gasteiger partial charge in [-0.05, 0) is 86.1 Å². The Morgan fingerprint density at radius 1 is 0.738 bits per heavy atom. The van der Waals surface area contributed by atoms with Gasteiger partial charge in [0.05, 0.1) is 24.7 Å². The Hall–Kier alpha value is -8.88. The fraction of sp³-hybridized carbons (Fsp3) is 0.509. The van der Waals surface area contributed by atoms with E-state index < -0.39 is 108 Å². The highest BCUT2D eigenvalue weighted by Crippen LogP contribution is 2.22. The van der Waals surface area contributed by atoms with Crippen LogP contribution in [0.15, 0.2) is 67.3 Å². The number of aromatic nitrogens is 3. The third kappa shape index (κ3) is 18.8. The molecule has 2 fully saturated rings. The van der Waals surface area contributed by atoms with E-state index in [1.165, 1.54) is 41.7 Å². The van der Waals surface area contributed by atoms with Crippen LogP contribution in [0.5, 0.6) is 5.75 Å². The lowest BCUT2D eigenvalue weighted by molar-refractivity contribution is -0.138. The lowest BCUT2D eigenvalue weighted by Gasteiger charge is -2.30. The molecule has 0 saturated carbocycles. The van der Waals surface area contributed by atoms with Crippen LogP contribution in [0.25, 0.3) is 10.9 Å². The molecule has 1 radical (unpaired) electrons. The molecule has 9 atom stereocenters. The molecule has 453 valence electrons. The Balaban J connectivity index is 1.22. The number of amides is 9. The maximum Gasteiger partial charge on any atom is 0.245 e. The number of para-hydroxylation sites is 1. The second-order valence-corrected chi connectivity index (χ2v) is 22.0. The number of carbonyl (C=O) groups excluding carboxylic acids is 10. The number of imidazole rings is 1. The maximum atomic E-state index is 14.6. The van der Waals surface area contributed by atoms with Crippen molar-refractivity contribution in [1.82, 2.24) is 67.7 Å². The van der Waals surface area contributed by atoms with Gasteiger partial charge in [-0.15, -0.1) is 0 Å². The van der Waals surface area contributed by atoms with E-state index in [0.29, 0.717) is 41.5 Å². The average molecular weight is 1170 g/mol. The van der Waals surface area contributed by atoms with Crippen LogP contribution in [0.2, 0.25) is 0 Å². The number of fused-ring (bicyclic) bond motifs is 1. The number of carbonyl (C=O) groups is 9. The quantitative estimate of drug-likeness (QED) is 0.0159. The van der Waals surface area contributed by atoms with E-state index in [1.54, 1.807) is 38.2 Å². The zero-order valence-electron chi connectivity index (χ0n) is 47.5. The van der Waals surface area contributed by atoms with Gasteiger partial charge in [0.1, 0.15) is 54.1 Å². The summed E-state index contributed by atoms with van der Waals surface area (Å²) in [6.45, 7) is 6.73. The highest BCUT2D eigenvalue weighted by Gasteiger charge is 2.38. The molecule has 16 N–H and O–H groups in total. The Kier molecular flexibility index (Phi) is 23.7. The van der Waals surface area contributed by atoms with Crippen molar-refractivity contribution in [2.75, 3.05) is 19.7 Å². The number of hydrogen-bond acceptors (Lipinski definition) is 14. The van der Waals surface area contributed by atoms with Crippen LogP contribution in [-0.4, -0.2) is 170 Å². The molecule has 4 heterocycles. The van der Waals surface area contributed by atoms with E-state index in [4.69, 9.17) is 11.1 Å². The summed E-state index contributed by atoms with van der Waals surface area (Å²) in [5, 5.41) is 53.1. The van der Waals surface area contributed by atoms with Crippen LogP contribution in [0.3, 0.4) is 0 Å². The summed E-state index contributed by atoms with van der Waals surface area (Å²) in [7, 11) is 0. The number of hydrogen-bond donors (Lipinski definition) is 15. The summed E-state index contributed by atoms with van der Waals surface area (Å²) in [6, 6.07) is 1.53. The van der Waals surface area contributed by atoms with Crippen molar-refractivity contribution in [3.8, 4) is 5.75 Å². The Morgan fingerprint density at radius 2 is 1.31 bits per heavy atom. The molecule has 2 aliphatic heterocycles. The number of phenols is 1. The van der Waals surface area contributed by atoms with Crippen LogP contribution in [-0.2, 0) is 67.2 Å². The number of H-pyrrole nitrogens is 2. The molecule has 2 aliphatic rings. The molecule has 0 spiro atoms. The Bertz CT molecular complexity index is 2950. The third-order valence-corrected chi connectivity index (χ3v) is 14.4. The highest BCUT2D eigenvalue weighted by atomic mass is 16.3. The van der Waals surface area contributed by atoms with Gasteiger partial charge in [0.2, 0.25) is 59.5 Å². The third-order valence-electron chi connectivity index (χ3n) is 14.4. The van der Waals surface area contributed by atoms with E-state index in [0.717, 1.165) is 5.52 Å². The van der Waals surface area contributed by atoms with Gasteiger partial charge in [-0.25, -0.2) is 4.98 Å². The summed E-state index contributed by atoms with van der Waals surface area (Å²) in [5.74, 6) is -7.40. The normalized spacial score (nSPS) is 17.4. The number of nitrogens with one attached hydrogen (secondary N) is 12. The zero-order chi connectivity index (χ0) is 61.0. The number of rotatable bonds is 31. The number of nitrogens with zero attached hydrogens (tertiary/aromatic N) is 2. The van der Waals surface area contributed by atoms with Crippen LogP contribution >= 0.6 is 0 Å². The van der Waals surface area contributed by atoms with Crippen molar-refractivity contribution in [3.63, 3.8) is 0 Å². The number of phenolic OH excluding ortho intramolecular Hbond substituents is 1. The minimum Gasteiger partial charge on any atom is -0.508 e. The summed E-state index contributed by atoms with van der Waals surface area (Å²) >= 11 is 0. The molecule has 6 rings (SSSR count). The number of aliphatic hydroxyl groups excluding tert-OH is 1. The van der Waals surface area contributed by atoms with Crippen LogP contribution in [0.4, 0.5) is 0 Å². The molecular weight excluding hydrogens is 1090 g/mol. The van der Waals surface area contributed by atoms with Crippen LogP contribution < -0.4 is 53.6 Å². The molecule has 84 heavy (non-hydrogen) atoms. The van der Waals surface area contributed by atoms with E-state index in [-0.39, 0.29) is 93.9 Å². The van der Waals surface area contributed by atoms with Crippen molar-refractivity contribution < 1.29 is 58.2 Å². The summed E-state index contributed by atoms with van der Waals surface area (Å²) in [6.07, 6.45) is 7.74. The van der Waals surface area contributed by atoms with Crippen molar-refractivity contribution >= 4 is 76.3 Å². The molecule has 2 aromatic carbocycles. The molecule has 4 aromatic rings. The average Bonchev–Trinajstić information content (AvgIpc) is 4.51. The minimum absolute atomic E-state index is 0.0402. The number of benzene rings is 2. The summed E-state index contributed by atoms with van der Waals surface area (Å²) < 4.78 is 0. The number of guanidine groups is 1. The molecule has 0 unspecified atom stereocenters. The standard InChI is InChI=1S/C57H78N15O12/c1-31(2)21-42(50(78)65-41(12-7-19-61-57(58)59)56(84)72-20-8-9-36(72)28-73)66-51(79)43(22-32(3)4)67-52(80)44(23-33-13-15-37(75)16-14-33)68-55(83)47(29-74)71-53(81)45(24-34-26-62-39-11-6-5-10-38(34)39)69-54(82)46(25-35-27-60-30-63-35)70-49(77)40-17-18-48(76)64-40/h5-6,10-11,13-16,26-27,30-32,36,40-47,62,74-75H,7-9,12,17-25,29H2,1-4H3,(H,60,63)(H,64,76)(H,65,78)(H,66,79)(H,67,80)(H,68,83)(H,69,82)(H,70,77)(H,71,81)(H4,58,59,61)/t36-,40-,41-,42-,43+,44-,45-,46-,47+/m0/s1. The molecule has 0 aliphatic carbocycles. The first-order valence-corrected chi connectivity index (χ1v) is 28.2. The summed E-state index contributed by atoms with van der Waals surface area (Å²) in [4.78, 5) is 149. The number of aliphatic hydroxyl groups is 1. The number of aromatic amines is 2. The molecule has 0 bridgehead atoms. The maximum absolute atomic E-state index is 14.6. The Labute approximate surface area is 485 Å². The molecule has 2 aromatic heterocycles. The van der Waals surface area contributed by atoms with E-state index >= 15 is 0 Å². The predicted molar refractivity (Wildman–Crippen MR) is 306 cm³/mol. The fourth-order valence-corrected chi connectivity index (χ4v) is 10.1. The monoisotopic (exact) mass is 1160 g/mol. The van der Waals surface area contributed by atoms with Gasteiger partial charge in [-0.1, -0.05) is 58.0 Å². The highest BCUT2D eigenvalue weighted by molar-refractivity contribution is 5.99. The molecule has 27 nitrogen and oxygen atoms in total. The lowest BCUT2D eigenvalue weighted by Crippen LogP contribution is -2.61. The van der Waals surface area contributed by atoms with E-state index in [9.17, 15) is 58.2 Å². The topological polar surface area (TPSA) is 417 Å². The van der Waals surface area contributed by atoms with Gasteiger partial charge in [-0.3, -0.25) is 53.4 Å². The summed E-state index contributed by atoms with van der Waals surface area (Å²) in [5.41, 5.74) is 7.58. The number of aromatic hydroxyl groups is 1. The van der Waals surface area contributed by atoms with E-state index in [2.05, 4.69) is 62.8 Å². The van der Waals surface area contributed by atoms with Crippen molar-refractivity contribution in [2.24, 2.45) is 17.6 Å². The van der Waals surface area contributed by atoms with Crippen LogP contribution in [0.1, 0.15) is 95.9 Å². The zero-order valence-corrected chi connectivity index (χ0v) is 47.5. The van der Waals surface area contributed by atoms with Crippen LogP contribution in [0, 0.1) is 17.2 Å². The predicted octanol–water partition coefficient (Wildman–Crippen LogP) is -1.25. The fourth-order valence-electron chi connectivity index (χ4n) is 10.1. The van der Waals surface area contributed by atoms with Gasteiger partial charge in [0.15, 0.2) is 5.96 Å². The largest absolute Gasteiger partial charge is 0.508 e. The second kappa shape index (κ2) is 31.0. The first-order valence-electron chi connectivity index (χ1n) is 28.2. The lowest BCUT2D eigenvalue weighted by atomic mass is 9.98. The van der Waals surface area contributed by atoms with Gasteiger partial charge in [0.25, 0.3) is 0 Å². The van der Waals surface area contributed by atoms with E-state index in [1.807, 2.05) is 26.2 Å². The van der Waals surface area contributed by atoms with Crippen molar-refractivity contribution in [1.29, 1.82) is 5.41 Å². The number of likely N-dealkylation sites (tertiary alicyclic amines) is 1. The van der Waals surface area contributed by atoms with Gasteiger partial charge < -0.3 is 78.7 Å². The smallest absolute Gasteiger partial charge is 0.245 e. The van der Waals surface area contributed by atoms with Crippen molar-refractivity contribution in [3.05, 3.63) is 84.1 Å². The first-order chi connectivity index (χ1) is 40.1. The SMILES string of the molecule is CC(C)C[C@H](NC(=O)[C@@H](CC(C)C)NC(=O)[C@H](Cc1ccc(O)cc1)NC(=O)[C@@H](CO)NC(=O)[C@H](Cc1c[nH]c2ccccc12)NC(=O)[C@H](Cc1c[nH]cn1)NC(=O)[C@@H]1CCC(=O)N1)C(=O)N[C@@H](CCCNC(=N)N)C(=O)N1CCC[C@H]1[C]=O. The molecular formula is C57H78N15O12. The van der Waals surface area contributed by atoms with Gasteiger partial charge >= 0.3 is 0 Å². The molecule has 2 saturated heterocycles. The molecule has 9 amide bonds. The molecule has 27 heteroatoms. The second-order valence-electron chi connectivity index (χ2n) is 22.0. The van der Waals surface area contributed by atoms with Gasteiger partial charge in [0, 0.05) is 62.1 Å². The first kappa shape index (κ1) is 64.3. The minimum atomic E-state index is -1.75.